The standard InChI is InChI=1S/C23H31FN6O3/c1-5-29(6-2)12-9-13-33-21-19(31-3)14-16(15-20(21)32-4)26-23-27-22(25)30(28-23)18-11-8-7-10-17(18)24/h7-8,10-11,14-15H,5-6,9,12-13H2,1-4H3,(H3,25,26,27,28). The molecule has 3 N–H and O–H groups in total. The molecule has 10 heteroatoms. The van der Waals surface area contributed by atoms with Gasteiger partial charge >= 0.3 is 0 Å². The van der Waals surface area contributed by atoms with Crippen LogP contribution in [0.3, 0.4) is 0 Å². The molecule has 0 unspecified atom stereocenters. The van der Waals surface area contributed by atoms with E-state index in [1.165, 1.54) is 10.7 Å². The summed E-state index contributed by atoms with van der Waals surface area (Å²) in [7, 11) is 3.12. The van der Waals surface area contributed by atoms with Gasteiger partial charge < -0.3 is 30.2 Å². The first-order valence-corrected chi connectivity index (χ1v) is 10.9. The SMILES string of the molecule is CCN(CC)CCCOc1c(OC)cc(Nc2nc(N)n(-c3ccccc3F)n2)cc1OC. The molecule has 0 aliphatic heterocycles. The van der Waals surface area contributed by atoms with Crippen LogP contribution in [0.4, 0.5) is 22.0 Å². The highest BCUT2D eigenvalue weighted by atomic mass is 19.1. The second-order valence-corrected chi connectivity index (χ2v) is 7.22. The lowest BCUT2D eigenvalue weighted by atomic mass is 10.2. The fourth-order valence-electron chi connectivity index (χ4n) is 3.40. The molecule has 0 saturated heterocycles. The molecule has 0 spiro atoms. The number of methoxy groups -OCH3 is 2. The minimum Gasteiger partial charge on any atom is -0.493 e. The smallest absolute Gasteiger partial charge is 0.248 e. The van der Waals surface area contributed by atoms with E-state index in [4.69, 9.17) is 19.9 Å². The predicted octanol–water partition coefficient (Wildman–Crippen LogP) is 3.86. The van der Waals surface area contributed by atoms with Crippen molar-refractivity contribution in [1.29, 1.82) is 0 Å². The third-order valence-electron chi connectivity index (χ3n) is 5.19. The molecule has 3 rings (SSSR count). The number of ether oxygens (including phenoxy) is 3. The maximum Gasteiger partial charge on any atom is 0.248 e. The molecule has 3 aromatic rings. The summed E-state index contributed by atoms with van der Waals surface area (Å²) in [6, 6.07) is 9.70. The van der Waals surface area contributed by atoms with Gasteiger partial charge in [0.1, 0.15) is 11.5 Å². The van der Waals surface area contributed by atoms with Crippen LogP contribution in [0.1, 0.15) is 20.3 Å². The van der Waals surface area contributed by atoms with Gasteiger partial charge in [0.15, 0.2) is 11.5 Å². The second kappa shape index (κ2) is 11.4. The van der Waals surface area contributed by atoms with Crippen molar-refractivity contribution in [3.63, 3.8) is 0 Å². The summed E-state index contributed by atoms with van der Waals surface area (Å²) < 4.78 is 32.4. The van der Waals surface area contributed by atoms with E-state index in [0.717, 1.165) is 26.1 Å². The van der Waals surface area contributed by atoms with Crippen molar-refractivity contribution < 1.29 is 18.6 Å². The summed E-state index contributed by atoms with van der Waals surface area (Å²) in [5.41, 5.74) is 6.76. The number of benzene rings is 2. The lowest BCUT2D eigenvalue weighted by Gasteiger charge is -2.19. The van der Waals surface area contributed by atoms with E-state index in [1.54, 1.807) is 44.6 Å². The number of anilines is 3. The molecule has 178 valence electrons. The highest BCUT2D eigenvalue weighted by Gasteiger charge is 2.17. The summed E-state index contributed by atoms with van der Waals surface area (Å²) in [5.74, 6) is 1.32. The topological polar surface area (TPSA) is 99.7 Å². The molecule has 9 nitrogen and oxygen atoms in total. The largest absolute Gasteiger partial charge is 0.493 e. The molecule has 0 radical (unpaired) electrons. The van der Waals surface area contributed by atoms with Crippen LogP contribution in [0.25, 0.3) is 5.69 Å². The van der Waals surface area contributed by atoms with Crippen molar-refractivity contribution in [3.05, 3.63) is 42.2 Å². The van der Waals surface area contributed by atoms with Gasteiger partial charge in [-0.2, -0.15) is 9.67 Å². The molecule has 0 atom stereocenters. The van der Waals surface area contributed by atoms with Gasteiger partial charge in [-0.05, 0) is 31.6 Å². The first-order valence-electron chi connectivity index (χ1n) is 10.9. The fraction of sp³-hybridized carbons (Fsp3) is 0.391. The predicted molar refractivity (Wildman–Crippen MR) is 126 cm³/mol. The van der Waals surface area contributed by atoms with E-state index in [-0.39, 0.29) is 17.6 Å². The Morgan fingerprint density at radius 3 is 2.36 bits per heavy atom. The van der Waals surface area contributed by atoms with Gasteiger partial charge in [0.2, 0.25) is 17.6 Å². The lowest BCUT2D eigenvalue weighted by Crippen LogP contribution is -2.25. The Kier molecular flexibility index (Phi) is 8.31. The maximum atomic E-state index is 14.1. The number of aromatic nitrogens is 3. The Balaban J connectivity index is 1.77. The van der Waals surface area contributed by atoms with Crippen molar-refractivity contribution >= 4 is 17.6 Å². The normalized spacial score (nSPS) is 11.0. The number of halogens is 1. The third kappa shape index (κ3) is 5.83. The van der Waals surface area contributed by atoms with E-state index in [9.17, 15) is 4.39 Å². The molecule has 2 aromatic carbocycles. The van der Waals surface area contributed by atoms with Gasteiger partial charge in [-0.25, -0.2) is 4.39 Å². The Labute approximate surface area is 193 Å². The zero-order valence-corrected chi connectivity index (χ0v) is 19.5. The van der Waals surface area contributed by atoms with Crippen LogP contribution in [-0.2, 0) is 0 Å². The third-order valence-corrected chi connectivity index (χ3v) is 5.19. The first-order chi connectivity index (χ1) is 16.0. The molecule has 0 amide bonds. The van der Waals surface area contributed by atoms with Gasteiger partial charge in [-0.15, -0.1) is 5.10 Å². The number of para-hydroxylation sites is 1. The van der Waals surface area contributed by atoms with Crippen LogP contribution in [0.15, 0.2) is 36.4 Å². The average Bonchev–Trinajstić information content (AvgIpc) is 3.19. The number of rotatable bonds is 12. The molecule has 33 heavy (non-hydrogen) atoms. The molecule has 0 bridgehead atoms. The van der Waals surface area contributed by atoms with Crippen LogP contribution in [0.2, 0.25) is 0 Å². The zero-order chi connectivity index (χ0) is 23.8. The quantitative estimate of drug-likeness (QED) is 0.395. The number of nitrogens with two attached hydrogens (primary N) is 1. The number of nitrogen functional groups attached to an aromatic ring is 1. The fourth-order valence-corrected chi connectivity index (χ4v) is 3.40. The number of hydrogen-bond donors (Lipinski definition) is 2. The van der Waals surface area contributed by atoms with Crippen LogP contribution in [0, 0.1) is 5.82 Å². The molecule has 1 aromatic heterocycles. The van der Waals surface area contributed by atoms with Crippen molar-refractivity contribution in [2.24, 2.45) is 0 Å². The molecule has 0 aliphatic rings. The van der Waals surface area contributed by atoms with Crippen molar-refractivity contribution in [2.45, 2.75) is 20.3 Å². The van der Waals surface area contributed by atoms with Crippen molar-refractivity contribution in [2.75, 3.05) is 51.5 Å². The van der Waals surface area contributed by atoms with Crippen LogP contribution < -0.4 is 25.3 Å². The Morgan fingerprint density at radius 2 is 1.76 bits per heavy atom. The number of nitrogens with zero attached hydrogens (tertiary/aromatic N) is 4. The van der Waals surface area contributed by atoms with Gasteiger partial charge in [-0.3, -0.25) is 0 Å². The van der Waals surface area contributed by atoms with Gasteiger partial charge in [0, 0.05) is 24.4 Å². The summed E-state index contributed by atoms with van der Waals surface area (Å²) in [4.78, 5) is 6.52. The summed E-state index contributed by atoms with van der Waals surface area (Å²) in [6.07, 6.45) is 0.880. The highest BCUT2D eigenvalue weighted by Crippen LogP contribution is 2.41. The minimum atomic E-state index is -0.452. The highest BCUT2D eigenvalue weighted by molar-refractivity contribution is 5.66. The maximum absolute atomic E-state index is 14.1. The van der Waals surface area contributed by atoms with E-state index in [2.05, 4.69) is 34.1 Å². The Morgan fingerprint density at radius 1 is 1.09 bits per heavy atom. The zero-order valence-electron chi connectivity index (χ0n) is 19.5. The number of nitrogens with one attached hydrogen (secondary N) is 1. The average molecular weight is 459 g/mol. The van der Waals surface area contributed by atoms with Crippen molar-refractivity contribution in [3.8, 4) is 22.9 Å². The molecule has 0 fully saturated rings. The van der Waals surface area contributed by atoms with Crippen LogP contribution in [0.5, 0.6) is 17.2 Å². The second-order valence-electron chi connectivity index (χ2n) is 7.22. The Bertz CT molecular complexity index is 1030. The first kappa shape index (κ1) is 24.1. The number of hydrogen-bond acceptors (Lipinski definition) is 8. The lowest BCUT2D eigenvalue weighted by molar-refractivity contribution is 0.235. The molecular weight excluding hydrogens is 427 g/mol. The van der Waals surface area contributed by atoms with Crippen molar-refractivity contribution in [1.82, 2.24) is 19.7 Å². The molecule has 0 saturated carbocycles. The van der Waals surface area contributed by atoms with Crippen LogP contribution in [-0.4, -0.2) is 60.1 Å². The molecule has 1 heterocycles. The summed E-state index contributed by atoms with van der Waals surface area (Å²) >= 11 is 0. The van der Waals surface area contributed by atoms with E-state index < -0.39 is 5.82 Å². The van der Waals surface area contributed by atoms with Gasteiger partial charge in [0.25, 0.3) is 0 Å². The van der Waals surface area contributed by atoms with Gasteiger partial charge in [-0.1, -0.05) is 26.0 Å². The summed E-state index contributed by atoms with van der Waals surface area (Å²) in [5, 5.41) is 7.34. The summed E-state index contributed by atoms with van der Waals surface area (Å²) in [6.45, 7) is 7.79. The molecular formula is C23H31FN6O3. The Hall–Kier alpha value is -3.53. The van der Waals surface area contributed by atoms with Crippen LogP contribution >= 0.6 is 0 Å². The monoisotopic (exact) mass is 458 g/mol. The van der Waals surface area contributed by atoms with E-state index in [1.807, 2.05) is 0 Å². The molecule has 0 aliphatic carbocycles. The van der Waals surface area contributed by atoms with E-state index >= 15 is 0 Å². The van der Waals surface area contributed by atoms with E-state index in [0.29, 0.717) is 29.5 Å². The minimum absolute atomic E-state index is 0.0506. The van der Waals surface area contributed by atoms with Gasteiger partial charge in [0.05, 0.1) is 20.8 Å².